The molecule has 2 heterocycles. The number of carbonyl (C=O) groups is 1. The lowest BCUT2D eigenvalue weighted by Gasteiger charge is -2.11. The molecule has 20 heavy (non-hydrogen) atoms. The molecule has 6 heteroatoms. The zero-order valence-electron chi connectivity index (χ0n) is 11.4. The average Bonchev–Trinajstić information content (AvgIpc) is 2.92. The third kappa shape index (κ3) is 3.46. The largest absolute Gasteiger partial charge is 0.443 e. The summed E-state index contributed by atoms with van der Waals surface area (Å²) in [6, 6.07) is 4.39. The second kappa shape index (κ2) is 5.76. The predicted octanol–water partition coefficient (Wildman–Crippen LogP) is 0.696. The second-order valence-electron chi connectivity index (χ2n) is 5.27. The number of thiophene rings is 1. The van der Waals surface area contributed by atoms with Crippen LogP contribution in [0.3, 0.4) is 0 Å². The summed E-state index contributed by atoms with van der Waals surface area (Å²) < 4.78 is 5.47. The highest BCUT2D eigenvalue weighted by Gasteiger charge is 2.24. The Kier molecular flexibility index (Phi) is 3.84. The Morgan fingerprint density at radius 2 is 2.45 bits per heavy atom. The van der Waals surface area contributed by atoms with Crippen molar-refractivity contribution >= 4 is 17.2 Å². The van der Waals surface area contributed by atoms with Crippen LogP contribution in [-0.2, 0) is 11.3 Å². The van der Waals surface area contributed by atoms with Crippen molar-refractivity contribution < 1.29 is 14.1 Å². The quantitative estimate of drug-likeness (QED) is 0.824. The lowest BCUT2D eigenvalue weighted by molar-refractivity contribution is -0.885. The summed E-state index contributed by atoms with van der Waals surface area (Å²) in [6.07, 6.45) is 3.92. The molecular weight excluding hydrogens is 274 g/mol. The van der Waals surface area contributed by atoms with Gasteiger partial charge in [-0.15, -0.1) is 11.3 Å². The van der Waals surface area contributed by atoms with Gasteiger partial charge in [-0.25, -0.2) is 4.98 Å². The normalized spacial score (nSPS) is 16.1. The molecule has 1 amide bonds. The van der Waals surface area contributed by atoms with Crippen LogP contribution in [0.15, 0.2) is 28.2 Å². The third-order valence-electron chi connectivity index (χ3n) is 3.17. The van der Waals surface area contributed by atoms with Crippen LogP contribution < -0.4 is 10.2 Å². The van der Waals surface area contributed by atoms with Gasteiger partial charge in [0.2, 0.25) is 5.89 Å². The van der Waals surface area contributed by atoms with Gasteiger partial charge in [0.1, 0.15) is 18.5 Å². The van der Waals surface area contributed by atoms with Gasteiger partial charge < -0.3 is 14.6 Å². The van der Waals surface area contributed by atoms with Crippen molar-refractivity contribution in [2.45, 2.75) is 25.4 Å². The SMILES string of the molecule is C[NH+](CC(=O)NC1CC1)Cc1coc(-c2cccs2)n1. The Labute approximate surface area is 121 Å². The van der Waals surface area contributed by atoms with Crippen LogP contribution in [0.4, 0.5) is 0 Å². The molecule has 1 atom stereocenters. The fourth-order valence-electron chi connectivity index (χ4n) is 2.05. The number of nitrogens with one attached hydrogen (secondary N) is 2. The predicted molar refractivity (Wildman–Crippen MR) is 76.4 cm³/mol. The van der Waals surface area contributed by atoms with E-state index in [0.717, 1.165) is 28.3 Å². The molecule has 1 aliphatic rings. The number of hydrogen-bond acceptors (Lipinski definition) is 4. The van der Waals surface area contributed by atoms with Gasteiger partial charge >= 0.3 is 0 Å². The summed E-state index contributed by atoms with van der Waals surface area (Å²) in [4.78, 5) is 18.3. The van der Waals surface area contributed by atoms with Crippen molar-refractivity contribution in [2.75, 3.05) is 13.6 Å². The first-order valence-corrected chi connectivity index (χ1v) is 7.67. The first kappa shape index (κ1) is 13.3. The molecule has 1 unspecified atom stereocenters. The van der Waals surface area contributed by atoms with Gasteiger partial charge in [0.15, 0.2) is 6.54 Å². The first-order valence-electron chi connectivity index (χ1n) is 6.79. The summed E-state index contributed by atoms with van der Waals surface area (Å²) in [5.41, 5.74) is 0.880. The number of oxazole rings is 1. The van der Waals surface area contributed by atoms with Crippen molar-refractivity contribution in [1.82, 2.24) is 10.3 Å². The highest BCUT2D eigenvalue weighted by atomic mass is 32.1. The van der Waals surface area contributed by atoms with E-state index in [1.165, 1.54) is 0 Å². The molecule has 2 aromatic rings. The number of likely N-dealkylation sites (N-methyl/N-ethyl adjacent to an activating group) is 1. The van der Waals surface area contributed by atoms with E-state index in [1.54, 1.807) is 17.6 Å². The van der Waals surface area contributed by atoms with Gasteiger partial charge in [-0.1, -0.05) is 6.07 Å². The maximum Gasteiger partial charge on any atom is 0.275 e. The summed E-state index contributed by atoms with van der Waals surface area (Å²) in [5, 5.41) is 4.99. The van der Waals surface area contributed by atoms with Crippen LogP contribution in [-0.4, -0.2) is 30.5 Å². The molecular formula is C14H18N3O2S+. The summed E-state index contributed by atoms with van der Waals surface area (Å²) in [6.45, 7) is 1.16. The Morgan fingerprint density at radius 1 is 1.60 bits per heavy atom. The van der Waals surface area contributed by atoms with Crippen LogP contribution in [0, 0.1) is 0 Å². The van der Waals surface area contributed by atoms with Gasteiger partial charge in [0.25, 0.3) is 5.91 Å². The third-order valence-corrected chi connectivity index (χ3v) is 4.03. The van der Waals surface area contributed by atoms with Gasteiger partial charge in [0.05, 0.1) is 11.9 Å². The highest BCUT2D eigenvalue weighted by molar-refractivity contribution is 7.13. The Morgan fingerprint density at radius 3 is 3.15 bits per heavy atom. The maximum absolute atomic E-state index is 11.7. The molecule has 0 aromatic carbocycles. The zero-order valence-corrected chi connectivity index (χ0v) is 12.2. The minimum Gasteiger partial charge on any atom is -0.443 e. The van der Waals surface area contributed by atoms with E-state index < -0.39 is 0 Å². The number of quaternary nitrogens is 1. The Balaban J connectivity index is 1.53. The van der Waals surface area contributed by atoms with Crippen molar-refractivity contribution in [3.8, 4) is 10.8 Å². The van der Waals surface area contributed by atoms with E-state index >= 15 is 0 Å². The van der Waals surface area contributed by atoms with Crippen molar-refractivity contribution in [3.05, 3.63) is 29.5 Å². The lowest BCUT2D eigenvalue weighted by Crippen LogP contribution is -3.09. The highest BCUT2D eigenvalue weighted by Crippen LogP contribution is 2.23. The second-order valence-corrected chi connectivity index (χ2v) is 6.22. The number of nitrogens with zero attached hydrogens (tertiary/aromatic N) is 1. The van der Waals surface area contributed by atoms with Crippen LogP contribution in [0.25, 0.3) is 10.8 Å². The van der Waals surface area contributed by atoms with Crippen LogP contribution in [0.2, 0.25) is 0 Å². The van der Waals surface area contributed by atoms with Crippen LogP contribution >= 0.6 is 11.3 Å². The first-order chi connectivity index (χ1) is 9.70. The van der Waals surface area contributed by atoms with Crippen LogP contribution in [0.1, 0.15) is 18.5 Å². The number of aromatic nitrogens is 1. The Hall–Kier alpha value is -1.66. The van der Waals surface area contributed by atoms with Crippen molar-refractivity contribution in [3.63, 3.8) is 0 Å². The van der Waals surface area contributed by atoms with E-state index in [-0.39, 0.29) is 5.91 Å². The smallest absolute Gasteiger partial charge is 0.275 e. The van der Waals surface area contributed by atoms with E-state index in [1.807, 2.05) is 24.6 Å². The van der Waals surface area contributed by atoms with E-state index in [9.17, 15) is 4.79 Å². The molecule has 1 saturated carbocycles. The molecule has 0 spiro atoms. The minimum absolute atomic E-state index is 0.118. The molecule has 5 nitrogen and oxygen atoms in total. The Bertz CT molecular complexity index is 575. The topological polar surface area (TPSA) is 59.6 Å². The van der Waals surface area contributed by atoms with Gasteiger partial charge in [0, 0.05) is 6.04 Å². The van der Waals surface area contributed by atoms with Crippen molar-refractivity contribution in [1.29, 1.82) is 0 Å². The lowest BCUT2D eigenvalue weighted by atomic mass is 10.4. The molecule has 2 N–H and O–H groups in total. The summed E-state index contributed by atoms with van der Waals surface area (Å²) >= 11 is 1.61. The summed E-state index contributed by atoms with van der Waals surface area (Å²) in [7, 11) is 1.99. The summed E-state index contributed by atoms with van der Waals surface area (Å²) in [5.74, 6) is 0.775. The van der Waals surface area contributed by atoms with E-state index in [0.29, 0.717) is 25.0 Å². The van der Waals surface area contributed by atoms with E-state index in [2.05, 4.69) is 10.3 Å². The average molecular weight is 292 g/mol. The molecule has 0 radical (unpaired) electrons. The van der Waals surface area contributed by atoms with Gasteiger partial charge in [-0.05, 0) is 24.3 Å². The maximum atomic E-state index is 11.7. The fourth-order valence-corrected chi connectivity index (χ4v) is 2.71. The fraction of sp³-hybridized carbons (Fsp3) is 0.429. The molecule has 3 rings (SSSR count). The number of carbonyl (C=O) groups excluding carboxylic acids is 1. The molecule has 1 aliphatic carbocycles. The molecule has 106 valence electrons. The van der Waals surface area contributed by atoms with Crippen LogP contribution in [0.5, 0.6) is 0 Å². The molecule has 0 aliphatic heterocycles. The molecule has 2 aromatic heterocycles. The number of rotatable bonds is 6. The van der Waals surface area contributed by atoms with Crippen molar-refractivity contribution in [2.24, 2.45) is 0 Å². The zero-order chi connectivity index (χ0) is 13.9. The molecule has 0 bridgehead atoms. The van der Waals surface area contributed by atoms with E-state index in [4.69, 9.17) is 4.42 Å². The minimum atomic E-state index is 0.118. The van der Waals surface area contributed by atoms with Gasteiger partial charge in [-0.2, -0.15) is 0 Å². The standard InChI is InChI=1S/C14H17N3O2S/c1-17(8-13(18)15-10-4-5-10)7-11-9-19-14(16-11)12-3-2-6-20-12/h2-3,6,9-10H,4-5,7-8H2,1H3,(H,15,18)/p+1. The molecule has 1 fully saturated rings. The number of hydrogen-bond donors (Lipinski definition) is 2. The number of amides is 1. The van der Waals surface area contributed by atoms with Gasteiger partial charge in [-0.3, -0.25) is 4.79 Å². The molecule has 0 saturated heterocycles. The monoisotopic (exact) mass is 292 g/mol.